The highest BCUT2D eigenvalue weighted by atomic mass is 19.3. The lowest BCUT2D eigenvalue weighted by Crippen LogP contribution is -2.41. The molecular formula is C16H24F2N4O3. The van der Waals surface area contributed by atoms with Crippen LogP contribution in [-0.4, -0.2) is 45.2 Å². The van der Waals surface area contributed by atoms with Crippen molar-refractivity contribution < 1.29 is 23.0 Å². The molecule has 0 saturated carbocycles. The van der Waals surface area contributed by atoms with E-state index in [-0.39, 0.29) is 18.2 Å². The summed E-state index contributed by atoms with van der Waals surface area (Å²) in [5.41, 5.74) is 0.471. The van der Waals surface area contributed by atoms with Crippen LogP contribution in [0.3, 0.4) is 0 Å². The molecule has 0 unspecified atom stereocenters. The van der Waals surface area contributed by atoms with E-state index in [2.05, 4.69) is 25.7 Å². The molecule has 1 aromatic rings. The van der Waals surface area contributed by atoms with Crippen molar-refractivity contribution in [1.29, 1.82) is 0 Å². The van der Waals surface area contributed by atoms with Gasteiger partial charge in [-0.15, -0.1) is 0 Å². The fraction of sp³-hybridized carbons (Fsp3) is 0.500. The van der Waals surface area contributed by atoms with Crippen LogP contribution in [0.25, 0.3) is 0 Å². The van der Waals surface area contributed by atoms with Gasteiger partial charge in [-0.3, -0.25) is 4.79 Å². The Morgan fingerprint density at radius 1 is 1.24 bits per heavy atom. The quantitative estimate of drug-likeness (QED) is 0.354. The van der Waals surface area contributed by atoms with E-state index in [1.165, 1.54) is 20.1 Å². The van der Waals surface area contributed by atoms with Gasteiger partial charge in [0.2, 0.25) is 5.91 Å². The molecule has 0 fully saturated rings. The van der Waals surface area contributed by atoms with Crippen LogP contribution < -0.4 is 25.4 Å². The Morgan fingerprint density at radius 3 is 2.56 bits per heavy atom. The number of benzene rings is 1. The highest BCUT2D eigenvalue weighted by molar-refractivity contribution is 5.80. The summed E-state index contributed by atoms with van der Waals surface area (Å²) < 4.78 is 34.7. The van der Waals surface area contributed by atoms with Crippen LogP contribution in [0.15, 0.2) is 23.2 Å². The summed E-state index contributed by atoms with van der Waals surface area (Å²) >= 11 is 0. The van der Waals surface area contributed by atoms with Crippen molar-refractivity contribution in [3.63, 3.8) is 0 Å². The van der Waals surface area contributed by atoms with Gasteiger partial charge in [-0.2, -0.15) is 8.78 Å². The summed E-state index contributed by atoms with van der Waals surface area (Å²) in [5.74, 6) is 0.955. The number of carbonyl (C=O) groups excluding carboxylic acids is 1. The lowest BCUT2D eigenvalue weighted by molar-refractivity contribution is -0.118. The van der Waals surface area contributed by atoms with E-state index in [1.807, 2.05) is 6.92 Å². The number of amides is 1. The Kier molecular flexibility index (Phi) is 9.05. The van der Waals surface area contributed by atoms with Crippen LogP contribution in [-0.2, 0) is 11.3 Å². The number of alkyl halides is 2. The van der Waals surface area contributed by atoms with Crippen LogP contribution in [0.5, 0.6) is 11.5 Å². The largest absolute Gasteiger partial charge is 0.497 e. The molecule has 0 radical (unpaired) electrons. The molecular weight excluding hydrogens is 334 g/mol. The Balaban J connectivity index is 2.80. The molecule has 0 aliphatic carbocycles. The second-order valence-electron chi connectivity index (χ2n) is 4.96. The zero-order chi connectivity index (χ0) is 18.7. The van der Waals surface area contributed by atoms with Crippen molar-refractivity contribution in [2.24, 2.45) is 4.99 Å². The van der Waals surface area contributed by atoms with Gasteiger partial charge in [-0.1, -0.05) is 0 Å². The first-order valence-corrected chi connectivity index (χ1v) is 7.84. The molecule has 140 valence electrons. The molecule has 0 aliphatic heterocycles. The lowest BCUT2D eigenvalue weighted by Gasteiger charge is -2.13. The summed E-state index contributed by atoms with van der Waals surface area (Å²) in [6.45, 7) is 2.09. The minimum Gasteiger partial charge on any atom is -0.497 e. The molecule has 1 aromatic carbocycles. The Bertz CT molecular complexity index is 582. The number of hydrogen-bond donors (Lipinski definition) is 3. The molecule has 0 aliphatic rings. The molecule has 0 aromatic heterocycles. The first kappa shape index (κ1) is 20.5. The van der Waals surface area contributed by atoms with Crippen molar-refractivity contribution in [1.82, 2.24) is 16.0 Å². The smallest absolute Gasteiger partial charge is 0.387 e. The highest BCUT2D eigenvalue weighted by Gasteiger charge is 2.11. The van der Waals surface area contributed by atoms with Crippen molar-refractivity contribution in [2.45, 2.75) is 27.0 Å². The molecule has 1 amide bonds. The summed E-state index contributed by atoms with van der Waals surface area (Å²) in [5, 5.41) is 8.73. The third kappa shape index (κ3) is 8.18. The van der Waals surface area contributed by atoms with Gasteiger partial charge in [-0.05, 0) is 25.1 Å². The summed E-state index contributed by atoms with van der Waals surface area (Å²) in [7, 11) is 1.49. The van der Waals surface area contributed by atoms with E-state index in [1.54, 1.807) is 12.1 Å². The van der Waals surface area contributed by atoms with Gasteiger partial charge in [0.15, 0.2) is 5.96 Å². The van der Waals surface area contributed by atoms with E-state index in [0.29, 0.717) is 36.9 Å². The van der Waals surface area contributed by atoms with Crippen LogP contribution in [0.4, 0.5) is 8.78 Å². The van der Waals surface area contributed by atoms with Gasteiger partial charge >= 0.3 is 6.61 Å². The van der Waals surface area contributed by atoms with Gasteiger partial charge in [0.1, 0.15) is 11.5 Å². The van der Waals surface area contributed by atoms with Crippen molar-refractivity contribution in [3.8, 4) is 11.5 Å². The van der Waals surface area contributed by atoms with E-state index in [4.69, 9.17) is 4.74 Å². The molecule has 0 heterocycles. The van der Waals surface area contributed by atoms with Crippen LogP contribution in [0.2, 0.25) is 0 Å². The zero-order valence-corrected chi connectivity index (χ0v) is 14.6. The van der Waals surface area contributed by atoms with Crippen LogP contribution >= 0.6 is 0 Å². The number of ether oxygens (including phenoxy) is 2. The monoisotopic (exact) mass is 358 g/mol. The number of nitrogens with zero attached hydrogens (tertiary/aromatic N) is 1. The molecule has 7 nitrogen and oxygen atoms in total. The highest BCUT2D eigenvalue weighted by Crippen LogP contribution is 2.26. The summed E-state index contributed by atoms with van der Waals surface area (Å²) in [6, 6.07) is 4.57. The second-order valence-corrected chi connectivity index (χ2v) is 4.96. The molecule has 0 saturated heterocycles. The summed E-state index contributed by atoms with van der Waals surface area (Å²) in [6.07, 6.45) is 0. The van der Waals surface area contributed by atoms with Crippen molar-refractivity contribution in [2.75, 3.05) is 26.7 Å². The summed E-state index contributed by atoms with van der Waals surface area (Å²) in [4.78, 5) is 15.2. The van der Waals surface area contributed by atoms with Crippen LogP contribution in [0, 0.1) is 0 Å². The van der Waals surface area contributed by atoms with E-state index >= 15 is 0 Å². The maximum atomic E-state index is 12.5. The number of halogens is 2. The first-order chi connectivity index (χ1) is 12.0. The molecule has 0 spiro atoms. The van der Waals surface area contributed by atoms with E-state index in [0.717, 1.165) is 0 Å². The molecule has 25 heavy (non-hydrogen) atoms. The maximum Gasteiger partial charge on any atom is 0.387 e. The average molecular weight is 358 g/mol. The zero-order valence-electron chi connectivity index (χ0n) is 14.6. The first-order valence-electron chi connectivity index (χ1n) is 7.84. The van der Waals surface area contributed by atoms with Crippen molar-refractivity contribution in [3.05, 3.63) is 23.8 Å². The number of guanidine groups is 1. The van der Waals surface area contributed by atoms with Gasteiger partial charge in [0.25, 0.3) is 0 Å². The van der Waals surface area contributed by atoms with Crippen LogP contribution in [0.1, 0.15) is 19.4 Å². The third-order valence-corrected chi connectivity index (χ3v) is 3.03. The van der Waals surface area contributed by atoms with Gasteiger partial charge in [0, 0.05) is 32.1 Å². The Hall–Kier alpha value is -2.58. The minimum atomic E-state index is -2.92. The predicted molar refractivity (Wildman–Crippen MR) is 91.1 cm³/mol. The van der Waals surface area contributed by atoms with Gasteiger partial charge in [-0.25, -0.2) is 4.99 Å². The molecule has 9 heteroatoms. The number of carbonyl (C=O) groups is 1. The number of hydrogen-bond acceptors (Lipinski definition) is 4. The number of methoxy groups -OCH3 is 1. The fourth-order valence-corrected chi connectivity index (χ4v) is 1.94. The number of aliphatic imine (C=N–C) groups is 1. The van der Waals surface area contributed by atoms with E-state index in [9.17, 15) is 13.6 Å². The van der Waals surface area contributed by atoms with Crippen molar-refractivity contribution >= 4 is 11.9 Å². The lowest BCUT2D eigenvalue weighted by atomic mass is 10.2. The predicted octanol–water partition coefficient (Wildman–Crippen LogP) is 1.49. The molecule has 0 atom stereocenters. The second kappa shape index (κ2) is 11.1. The number of nitrogens with one attached hydrogen (secondary N) is 3. The fourth-order valence-electron chi connectivity index (χ4n) is 1.94. The van der Waals surface area contributed by atoms with Gasteiger partial charge < -0.3 is 25.4 Å². The average Bonchev–Trinajstić information content (AvgIpc) is 2.56. The maximum absolute atomic E-state index is 12.5. The third-order valence-electron chi connectivity index (χ3n) is 3.03. The normalized spacial score (nSPS) is 11.2. The molecule has 3 N–H and O–H groups in total. The Morgan fingerprint density at radius 2 is 1.96 bits per heavy atom. The van der Waals surface area contributed by atoms with Gasteiger partial charge in [0.05, 0.1) is 13.7 Å². The molecule has 1 rings (SSSR count). The number of rotatable bonds is 9. The van der Waals surface area contributed by atoms with E-state index < -0.39 is 6.61 Å². The minimum absolute atomic E-state index is 0.0497. The SMILES string of the molecule is CCNC(=NCc1cc(OC)ccc1OC(F)F)NCCNC(C)=O. The Labute approximate surface area is 145 Å². The topological polar surface area (TPSA) is 84.0 Å². The standard InChI is InChI=1S/C16H24F2N4O3/c1-4-19-16(21-8-7-20-11(2)23)22-10-12-9-13(24-3)5-6-14(12)25-15(17)18/h5-6,9,15H,4,7-8,10H2,1-3H3,(H,20,23)(H2,19,21,22). The molecule has 0 bridgehead atoms.